The van der Waals surface area contributed by atoms with E-state index in [9.17, 15) is 22.9 Å². The molecule has 0 atom stereocenters. The minimum Gasteiger partial charge on any atom is -0.478 e. The molecule has 0 unspecified atom stereocenters. The van der Waals surface area contributed by atoms with Crippen molar-refractivity contribution in [2.75, 3.05) is 5.32 Å². The van der Waals surface area contributed by atoms with Crippen LogP contribution in [0.4, 0.5) is 17.1 Å². The van der Waals surface area contributed by atoms with E-state index in [1.165, 1.54) is 18.2 Å². The zero-order valence-electron chi connectivity index (χ0n) is 23.2. The van der Waals surface area contributed by atoms with Gasteiger partial charge in [-0.2, -0.15) is 8.42 Å². The van der Waals surface area contributed by atoms with E-state index in [2.05, 4.69) is 10.3 Å². The minimum atomic E-state index is -4.34. The second kappa shape index (κ2) is 10.9. The average molecular weight is 591 g/mol. The van der Waals surface area contributed by atoms with Crippen molar-refractivity contribution in [3.05, 3.63) is 125 Å². The van der Waals surface area contributed by atoms with E-state index < -0.39 is 16.1 Å². The fourth-order valence-electron chi connectivity index (χ4n) is 5.13. The van der Waals surface area contributed by atoms with E-state index in [1.807, 2.05) is 55.5 Å². The quantitative estimate of drug-likeness (QED) is 0.134. The summed E-state index contributed by atoms with van der Waals surface area (Å²) < 4.78 is 38.9. The molecule has 8 nitrogen and oxygen atoms in total. The molecule has 43 heavy (non-hydrogen) atoms. The monoisotopic (exact) mass is 590 g/mol. The van der Waals surface area contributed by atoms with Gasteiger partial charge in [0.2, 0.25) is 0 Å². The molecule has 0 aromatic heterocycles. The SMILES string of the molecule is Cc1cc(S(=O)(=O)O)ccc1N=c1ccc2c(-c3ccccc3C(=O)O)c3ccc(Nc4ccccc4C)cc3oc-2c1. The van der Waals surface area contributed by atoms with Crippen molar-refractivity contribution in [1.82, 2.24) is 0 Å². The van der Waals surface area contributed by atoms with Crippen LogP contribution in [0, 0.1) is 13.8 Å². The molecule has 0 radical (unpaired) electrons. The molecule has 4 aromatic carbocycles. The van der Waals surface area contributed by atoms with Gasteiger partial charge in [0.15, 0.2) is 0 Å². The van der Waals surface area contributed by atoms with Crippen LogP contribution in [0.15, 0.2) is 117 Å². The van der Waals surface area contributed by atoms with Crippen LogP contribution in [0.1, 0.15) is 21.5 Å². The molecule has 0 saturated heterocycles. The molecule has 0 bridgehead atoms. The van der Waals surface area contributed by atoms with Crippen LogP contribution in [0.25, 0.3) is 33.4 Å². The molecular weight excluding hydrogens is 564 g/mol. The molecule has 4 aromatic rings. The first kappa shape index (κ1) is 27.9. The zero-order valence-corrected chi connectivity index (χ0v) is 24.0. The summed E-state index contributed by atoms with van der Waals surface area (Å²) >= 11 is 0. The highest BCUT2D eigenvalue weighted by Crippen LogP contribution is 2.42. The Morgan fingerprint density at radius 3 is 2.33 bits per heavy atom. The Hall–Kier alpha value is -5.25. The zero-order chi connectivity index (χ0) is 30.3. The number of carbonyl (C=O) groups is 1. The summed E-state index contributed by atoms with van der Waals surface area (Å²) in [6.45, 7) is 3.72. The first-order valence-electron chi connectivity index (χ1n) is 13.4. The lowest BCUT2D eigenvalue weighted by atomic mass is 9.90. The molecule has 0 fully saturated rings. The highest BCUT2D eigenvalue weighted by Gasteiger charge is 2.21. The normalized spacial score (nSPS) is 12.1. The molecule has 1 aliphatic heterocycles. The number of rotatable bonds is 6. The lowest BCUT2D eigenvalue weighted by molar-refractivity contribution is 0.0697. The van der Waals surface area contributed by atoms with Gasteiger partial charge in [0.05, 0.1) is 21.5 Å². The molecule has 0 amide bonds. The Morgan fingerprint density at radius 2 is 1.58 bits per heavy atom. The summed E-state index contributed by atoms with van der Waals surface area (Å²) in [6, 6.07) is 30.1. The maximum absolute atomic E-state index is 12.2. The lowest BCUT2D eigenvalue weighted by Gasteiger charge is -2.18. The second-order valence-corrected chi connectivity index (χ2v) is 11.6. The average Bonchev–Trinajstić information content (AvgIpc) is 2.97. The van der Waals surface area contributed by atoms with E-state index in [0.717, 1.165) is 27.9 Å². The van der Waals surface area contributed by atoms with E-state index in [1.54, 1.807) is 43.3 Å². The van der Waals surface area contributed by atoms with Crippen LogP contribution in [-0.2, 0) is 10.1 Å². The van der Waals surface area contributed by atoms with E-state index in [0.29, 0.717) is 39.1 Å². The first-order chi connectivity index (χ1) is 20.6. The van der Waals surface area contributed by atoms with Crippen molar-refractivity contribution in [3.8, 4) is 22.5 Å². The summed E-state index contributed by atoms with van der Waals surface area (Å²) in [5.41, 5.74) is 6.63. The Labute approximate surface area is 247 Å². The Balaban J connectivity index is 1.57. The summed E-state index contributed by atoms with van der Waals surface area (Å²) in [7, 11) is -4.34. The Bertz CT molecular complexity index is 2200. The first-order valence-corrected chi connectivity index (χ1v) is 14.8. The number of carboxylic acids is 1. The smallest absolute Gasteiger partial charge is 0.336 e. The van der Waals surface area contributed by atoms with Crippen LogP contribution in [0.5, 0.6) is 0 Å². The van der Waals surface area contributed by atoms with Gasteiger partial charge in [0, 0.05) is 40.0 Å². The van der Waals surface area contributed by atoms with Gasteiger partial charge >= 0.3 is 5.97 Å². The number of nitrogens with one attached hydrogen (secondary N) is 1. The maximum Gasteiger partial charge on any atom is 0.336 e. The molecule has 3 N–H and O–H groups in total. The minimum absolute atomic E-state index is 0.168. The fourth-order valence-corrected chi connectivity index (χ4v) is 5.69. The van der Waals surface area contributed by atoms with E-state index in [4.69, 9.17) is 4.42 Å². The predicted molar refractivity (Wildman–Crippen MR) is 166 cm³/mol. The van der Waals surface area contributed by atoms with Gasteiger partial charge in [-0.15, -0.1) is 0 Å². The van der Waals surface area contributed by atoms with Gasteiger partial charge in [-0.25, -0.2) is 9.79 Å². The van der Waals surface area contributed by atoms with E-state index >= 15 is 0 Å². The number of benzene rings is 5. The highest BCUT2D eigenvalue weighted by atomic mass is 32.2. The fraction of sp³-hybridized carbons (Fsp3) is 0.0588. The van der Waals surface area contributed by atoms with Gasteiger partial charge in [-0.1, -0.05) is 36.4 Å². The number of anilines is 2. The number of aromatic carboxylic acids is 1. The summed E-state index contributed by atoms with van der Waals surface area (Å²) in [6.07, 6.45) is 0. The second-order valence-electron chi connectivity index (χ2n) is 10.2. The highest BCUT2D eigenvalue weighted by molar-refractivity contribution is 7.85. The van der Waals surface area contributed by atoms with Crippen molar-refractivity contribution < 1.29 is 27.3 Å². The number of carboxylic acid groups (broad SMARTS) is 1. The van der Waals surface area contributed by atoms with Crippen LogP contribution < -0.4 is 10.7 Å². The number of para-hydroxylation sites is 1. The number of hydrogen-bond donors (Lipinski definition) is 3. The Morgan fingerprint density at radius 1 is 0.814 bits per heavy atom. The molecule has 6 rings (SSSR count). The van der Waals surface area contributed by atoms with Crippen molar-refractivity contribution >= 4 is 44.1 Å². The molecule has 214 valence electrons. The molecule has 0 spiro atoms. The third-order valence-electron chi connectivity index (χ3n) is 7.27. The number of nitrogens with zero attached hydrogens (tertiary/aromatic N) is 1. The van der Waals surface area contributed by atoms with Crippen molar-refractivity contribution in [1.29, 1.82) is 0 Å². The summed E-state index contributed by atoms with van der Waals surface area (Å²) in [4.78, 5) is 16.7. The maximum atomic E-state index is 12.2. The van der Waals surface area contributed by atoms with Crippen molar-refractivity contribution in [2.45, 2.75) is 18.7 Å². The number of hydrogen-bond acceptors (Lipinski definition) is 6. The van der Waals surface area contributed by atoms with Crippen molar-refractivity contribution in [3.63, 3.8) is 0 Å². The van der Waals surface area contributed by atoms with Crippen LogP contribution >= 0.6 is 0 Å². The number of fused-ring (bicyclic) bond motifs is 2. The standard InChI is InChI=1S/C34H26N2O6S/c1-20-7-3-6-10-29(20)35-22-11-14-27-31(18-22)42-32-19-23(36-30-16-13-24(17-21(30)2)43(39,40)41)12-15-28(32)33(27)25-8-4-5-9-26(25)34(37)38/h3-19,35H,1-2H3,(H,37,38)(H,39,40,41). The third kappa shape index (κ3) is 5.51. The van der Waals surface area contributed by atoms with Gasteiger partial charge in [-0.05, 0) is 85.1 Å². The third-order valence-corrected chi connectivity index (χ3v) is 8.12. The molecule has 2 aliphatic rings. The predicted octanol–water partition coefficient (Wildman–Crippen LogP) is 7.74. The van der Waals surface area contributed by atoms with Gasteiger partial charge in [0.1, 0.15) is 11.3 Å². The van der Waals surface area contributed by atoms with Gasteiger partial charge in [-0.3, -0.25) is 4.55 Å². The largest absolute Gasteiger partial charge is 0.478 e. The number of aryl methyl sites for hydroxylation is 2. The molecule has 1 aliphatic carbocycles. The lowest BCUT2D eigenvalue weighted by Crippen LogP contribution is -2.05. The van der Waals surface area contributed by atoms with Crippen molar-refractivity contribution in [2.24, 2.45) is 4.99 Å². The molecule has 9 heteroatoms. The van der Waals surface area contributed by atoms with Crippen LogP contribution in [0.2, 0.25) is 0 Å². The van der Waals surface area contributed by atoms with Gasteiger partial charge < -0.3 is 14.8 Å². The molecule has 1 heterocycles. The van der Waals surface area contributed by atoms with E-state index in [-0.39, 0.29) is 10.5 Å². The topological polar surface area (TPSA) is 129 Å². The Kier molecular flexibility index (Phi) is 7.05. The van der Waals surface area contributed by atoms with Crippen LogP contribution in [-0.4, -0.2) is 24.0 Å². The molecule has 0 saturated carbocycles. The molecular formula is C34H26N2O6S. The van der Waals surface area contributed by atoms with Crippen LogP contribution in [0.3, 0.4) is 0 Å². The summed E-state index contributed by atoms with van der Waals surface area (Å²) in [5.74, 6) is -0.546. The van der Waals surface area contributed by atoms with Gasteiger partial charge in [0.25, 0.3) is 10.1 Å². The summed E-state index contributed by atoms with van der Waals surface area (Å²) in [5, 5.41) is 14.7.